The first-order valence-electron chi connectivity index (χ1n) is 7.63. The van der Waals surface area contributed by atoms with Crippen LogP contribution in [-0.2, 0) is 0 Å². The molecule has 3 N–H and O–H groups in total. The Morgan fingerprint density at radius 1 is 1.04 bits per heavy atom. The van der Waals surface area contributed by atoms with Crippen LogP contribution in [0.5, 0.6) is 0 Å². The lowest BCUT2D eigenvalue weighted by Gasteiger charge is -2.09. The maximum Gasteiger partial charge on any atom is 0.274 e. The van der Waals surface area contributed by atoms with Crippen LogP contribution in [-0.4, -0.2) is 14.6 Å². The van der Waals surface area contributed by atoms with Crippen molar-refractivity contribution in [3.8, 4) is 28.5 Å². The molecule has 6 nitrogen and oxygen atoms in total. The SMILES string of the molecule is N#Cc1cnn2c(=O)cc(-c3cc(N)cc(-c4ccccc4)c3)[nH]c12. The van der Waals surface area contributed by atoms with Crippen LogP contribution in [0.4, 0.5) is 5.69 Å². The molecule has 6 heteroatoms. The van der Waals surface area contributed by atoms with Gasteiger partial charge < -0.3 is 10.7 Å². The third-order valence-electron chi connectivity index (χ3n) is 3.99. The summed E-state index contributed by atoms with van der Waals surface area (Å²) in [7, 11) is 0. The summed E-state index contributed by atoms with van der Waals surface area (Å²) in [6, 6.07) is 19.0. The largest absolute Gasteiger partial charge is 0.399 e. The molecule has 0 aliphatic heterocycles. The molecule has 0 amide bonds. The molecule has 0 unspecified atom stereocenters. The summed E-state index contributed by atoms with van der Waals surface area (Å²) < 4.78 is 1.17. The number of hydrogen-bond donors (Lipinski definition) is 2. The molecule has 2 aromatic carbocycles. The van der Waals surface area contributed by atoms with E-state index in [1.807, 2.05) is 48.5 Å². The normalized spacial score (nSPS) is 10.7. The van der Waals surface area contributed by atoms with Gasteiger partial charge in [0.1, 0.15) is 11.6 Å². The number of nitrogen functional groups attached to an aromatic ring is 1. The highest BCUT2D eigenvalue weighted by Crippen LogP contribution is 2.28. The zero-order valence-corrected chi connectivity index (χ0v) is 13.1. The standard InChI is InChI=1S/C19H13N5O/c20-10-15-11-22-24-18(25)9-17(23-19(15)24)14-6-13(7-16(21)8-14)12-4-2-1-3-5-12/h1-9,11,23H,21H2. The van der Waals surface area contributed by atoms with Gasteiger partial charge in [0.25, 0.3) is 5.56 Å². The second-order valence-electron chi connectivity index (χ2n) is 5.66. The Morgan fingerprint density at radius 3 is 2.56 bits per heavy atom. The van der Waals surface area contributed by atoms with Crippen molar-refractivity contribution >= 4 is 11.3 Å². The van der Waals surface area contributed by atoms with Gasteiger partial charge in [0.2, 0.25) is 0 Å². The van der Waals surface area contributed by atoms with Crippen molar-refractivity contribution in [2.24, 2.45) is 0 Å². The molecule has 0 fully saturated rings. The van der Waals surface area contributed by atoms with Gasteiger partial charge in [-0.05, 0) is 29.3 Å². The molecule has 2 aromatic heterocycles. The predicted molar refractivity (Wildman–Crippen MR) is 95.8 cm³/mol. The summed E-state index contributed by atoms with van der Waals surface area (Å²) >= 11 is 0. The fourth-order valence-corrected chi connectivity index (χ4v) is 2.83. The van der Waals surface area contributed by atoms with E-state index < -0.39 is 0 Å². The molecule has 0 saturated heterocycles. The van der Waals surface area contributed by atoms with Crippen molar-refractivity contribution in [2.75, 3.05) is 5.73 Å². The Hall–Kier alpha value is -3.85. The molecular weight excluding hydrogens is 314 g/mol. The number of nitrogens with zero attached hydrogens (tertiary/aromatic N) is 3. The van der Waals surface area contributed by atoms with Gasteiger partial charge in [-0.1, -0.05) is 30.3 Å². The lowest BCUT2D eigenvalue weighted by atomic mass is 10.0. The maximum absolute atomic E-state index is 12.3. The van der Waals surface area contributed by atoms with Crippen LogP contribution in [0, 0.1) is 11.3 Å². The number of hydrogen-bond acceptors (Lipinski definition) is 4. The summed E-state index contributed by atoms with van der Waals surface area (Å²) in [4.78, 5) is 15.4. The predicted octanol–water partition coefficient (Wildman–Crippen LogP) is 2.81. The van der Waals surface area contributed by atoms with E-state index in [0.717, 1.165) is 16.7 Å². The van der Waals surface area contributed by atoms with Crippen LogP contribution in [0.1, 0.15) is 5.56 Å². The van der Waals surface area contributed by atoms with Gasteiger partial charge in [0.05, 0.1) is 11.9 Å². The van der Waals surface area contributed by atoms with Crippen LogP contribution < -0.4 is 11.3 Å². The van der Waals surface area contributed by atoms with Gasteiger partial charge in [-0.25, -0.2) is 0 Å². The summed E-state index contributed by atoms with van der Waals surface area (Å²) in [5.41, 5.74) is 10.3. The Balaban J connectivity index is 1.93. The summed E-state index contributed by atoms with van der Waals surface area (Å²) in [5.74, 6) is 0. The van der Waals surface area contributed by atoms with Gasteiger partial charge in [-0.15, -0.1) is 0 Å². The summed E-state index contributed by atoms with van der Waals surface area (Å²) in [6.45, 7) is 0. The van der Waals surface area contributed by atoms with Crippen LogP contribution in [0.3, 0.4) is 0 Å². The van der Waals surface area contributed by atoms with Crippen molar-refractivity contribution in [3.63, 3.8) is 0 Å². The molecule has 4 rings (SSSR count). The van der Waals surface area contributed by atoms with Crippen LogP contribution in [0.25, 0.3) is 28.0 Å². The Morgan fingerprint density at radius 2 is 1.80 bits per heavy atom. The van der Waals surface area contributed by atoms with Crippen molar-refractivity contribution in [1.29, 1.82) is 5.26 Å². The first-order valence-corrected chi connectivity index (χ1v) is 7.63. The molecule has 0 aliphatic rings. The molecule has 0 aliphatic carbocycles. The number of aromatic amines is 1. The number of rotatable bonds is 2. The van der Waals surface area contributed by atoms with Crippen LogP contribution >= 0.6 is 0 Å². The monoisotopic (exact) mass is 327 g/mol. The van der Waals surface area contributed by atoms with Gasteiger partial charge >= 0.3 is 0 Å². The van der Waals surface area contributed by atoms with E-state index in [2.05, 4.69) is 10.1 Å². The number of nitriles is 1. The minimum atomic E-state index is -0.311. The quantitative estimate of drug-likeness (QED) is 0.553. The third-order valence-corrected chi connectivity index (χ3v) is 3.99. The Kier molecular flexibility index (Phi) is 3.33. The van der Waals surface area contributed by atoms with Gasteiger partial charge in [0, 0.05) is 17.3 Å². The lowest BCUT2D eigenvalue weighted by molar-refractivity contribution is 0.901. The Bertz CT molecular complexity index is 1180. The minimum Gasteiger partial charge on any atom is -0.399 e. The number of nitrogens with two attached hydrogens (primary N) is 1. The number of benzene rings is 2. The molecule has 0 bridgehead atoms. The molecule has 0 radical (unpaired) electrons. The average molecular weight is 327 g/mol. The van der Waals surface area contributed by atoms with Gasteiger partial charge in [0.15, 0.2) is 5.65 Å². The summed E-state index contributed by atoms with van der Waals surface area (Å²) in [5, 5.41) is 13.1. The number of anilines is 1. The van der Waals surface area contributed by atoms with Crippen molar-refractivity contribution < 1.29 is 0 Å². The first kappa shape index (κ1) is 14.7. The fourth-order valence-electron chi connectivity index (χ4n) is 2.83. The van der Waals surface area contributed by atoms with E-state index in [9.17, 15) is 4.79 Å². The van der Waals surface area contributed by atoms with Gasteiger partial charge in [-0.3, -0.25) is 4.79 Å². The molecule has 25 heavy (non-hydrogen) atoms. The minimum absolute atomic E-state index is 0.311. The number of H-pyrrole nitrogens is 1. The Labute approximate surface area is 142 Å². The number of fused-ring (bicyclic) bond motifs is 1. The van der Waals surface area contributed by atoms with E-state index in [1.54, 1.807) is 6.07 Å². The van der Waals surface area contributed by atoms with E-state index >= 15 is 0 Å². The molecule has 2 heterocycles. The van der Waals surface area contributed by atoms with Crippen molar-refractivity contribution in [1.82, 2.24) is 14.6 Å². The topological polar surface area (TPSA) is 100.0 Å². The van der Waals surface area contributed by atoms with E-state index in [4.69, 9.17) is 11.0 Å². The van der Waals surface area contributed by atoms with Crippen LogP contribution in [0.15, 0.2) is 65.6 Å². The third kappa shape index (κ3) is 2.54. The zero-order chi connectivity index (χ0) is 17.4. The molecule has 0 spiro atoms. The lowest BCUT2D eigenvalue weighted by Crippen LogP contribution is -2.14. The molecule has 120 valence electrons. The first-order chi connectivity index (χ1) is 12.2. The molecule has 0 atom stereocenters. The second-order valence-corrected chi connectivity index (χ2v) is 5.66. The highest BCUT2D eigenvalue weighted by atomic mass is 16.1. The van der Waals surface area contributed by atoms with Crippen LogP contribution in [0.2, 0.25) is 0 Å². The smallest absolute Gasteiger partial charge is 0.274 e. The highest BCUT2D eigenvalue weighted by molar-refractivity contribution is 5.76. The number of nitrogens with one attached hydrogen (secondary N) is 1. The molecule has 0 saturated carbocycles. The van der Waals surface area contributed by atoms with E-state index in [0.29, 0.717) is 22.6 Å². The fraction of sp³-hybridized carbons (Fsp3) is 0. The molecule has 4 aromatic rings. The molecular formula is C19H13N5O. The zero-order valence-electron chi connectivity index (χ0n) is 13.1. The summed E-state index contributed by atoms with van der Waals surface area (Å²) in [6.07, 6.45) is 1.37. The number of aromatic nitrogens is 3. The van der Waals surface area contributed by atoms with Crippen molar-refractivity contribution in [3.05, 3.63) is 76.7 Å². The van der Waals surface area contributed by atoms with E-state index in [-0.39, 0.29) is 5.56 Å². The van der Waals surface area contributed by atoms with Gasteiger partial charge in [-0.2, -0.15) is 14.9 Å². The van der Waals surface area contributed by atoms with E-state index in [1.165, 1.54) is 16.8 Å². The highest BCUT2D eigenvalue weighted by Gasteiger charge is 2.11. The maximum atomic E-state index is 12.3. The second kappa shape index (κ2) is 5.65. The average Bonchev–Trinajstić information content (AvgIpc) is 3.05. The van der Waals surface area contributed by atoms with Crippen molar-refractivity contribution in [2.45, 2.75) is 0 Å².